The molecule has 1 N–H and O–H groups in total. The summed E-state index contributed by atoms with van der Waals surface area (Å²) in [5, 5.41) is 20.9. The highest BCUT2D eigenvalue weighted by Crippen LogP contribution is 2.53. The van der Waals surface area contributed by atoms with Crippen LogP contribution in [-0.2, 0) is 25.0 Å². The number of nitrogens with zero attached hydrogens (tertiary/aromatic N) is 2. The molecule has 0 saturated heterocycles. The van der Waals surface area contributed by atoms with Gasteiger partial charge in [-0.15, -0.1) is 0 Å². The van der Waals surface area contributed by atoms with Crippen molar-refractivity contribution in [3.63, 3.8) is 0 Å². The molecule has 1 aromatic carbocycles. The molecular weight excluding hydrogens is 351 g/mol. The smallest absolute Gasteiger partial charge is 0.346 e. The van der Waals surface area contributed by atoms with Crippen molar-refractivity contribution in [1.29, 1.82) is 0 Å². The van der Waals surface area contributed by atoms with E-state index < -0.39 is 24.1 Å². The maximum atomic E-state index is 12.8. The second-order valence-corrected chi connectivity index (χ2v) is 7.42. The largest absolute Gasteiger partial charge is 0.481 e. The van der Waals surface area contributed by atoms with Crippen LogP contribution in [0.5, 0.6) is 0 Å². The van der Waals surface area contributed by atoms with Gasteiger partial charge in [-0.3, -0.25) is 19.5 Å². The van der Waals surface area contributed by atoms with Crippen LogP contribution in [0.15, 0.2) is 30.5 Å². The average Bonchev–Trinajstić information content (AvgIpc) is 2.94. The number of nitro groups is 1. The molecule has 0 radical (unpaired) electrons. The highest BCUT2D eigenvalue weighted by molar-refractivity contribution is 7.55. The Kier molecular flexibility index (Phi) is 5.94. The van der Waals surface area contributed by atoms with Crippen molar-refractivity contribution in [3.05, 3.63) is 40.6 Å². The number of rotatable bonds is 9. The molecule has 136 valence electrons. The molecule has 0 amide bonds. The third kappa shape index (κ3) is 4.07. The molecule has 2 rings (SSSR count). The molecule has 1 aromatic heterocycles. The summed E-state index contributed by atoms with van der Waals surface area (Å²) in [5.74, 6) is -1.30. The molecule has 0 saturated carbocycles. The fourth-order valence-corrected chi connectivity index (χ4v) is 4.34. The summed E-state index contributed by atoms with van der Waals surface area (Å²) in [6.07, 6.45) is 1.59. The van der Waals surface area contributed by atoms with E-state index >= 15 is 0 Å². The third-order valence-corrected chi connectivity index (χ3v) is 6.00. The minimum absolute atomic E-state index is 0.0552. The second-order valence-electron chi connectivity index (χ2n) is 5.20. The number of aliphatic carboxylic acids is 1. The topological polar surface area (TPSA) is 121 Å². The van der Waals surface area contributed by atoms with Crippen LogP contribution >= 0.6 is 7.60 Å². The van der Waals surface area contributed by atoms with Gasteiger partial charge in [0.25, 0.3) is 5.69 Å². The van der Waals surface area contributed by atoms with E-state index in [9.17, 15) is 24.6 Å². The van der Waals surface area contributed by atoms with Crippen molar-refractivity contribution in [3.8, 4) is 0 Å². The SMILES string of the molecule is CCOP(=O)(OCC)C(Cn1ccc2cc([N+](=O)[O-])ccc21)C(=O)O. The van der Waals surface area contributed by atoms with Gasteiger partial charge in [0, 0.05) is 35.8 Å². The Hall–Kier alpha value is -2.22. The molecule has 0 aliphatic carbocycles. The van der Waals surface area contributed by atoms with Crippen LogP contribution in [0.2, 0.25) is 0 Å². The zero-order valence-electron chi connectivity index (χ0n) is 13.8. The number of carboxylic acids is 1. The number of fused-ring (bicyclic) bond motifs is 1. The van der Waals surface area contributed by atoms with Crippen molar-refractivity contribution in [1.82, 2.24) is 4.57 Å². The Morgan fingerprint density at radius 2 is 1.96 bits per heavy atom. The number of carbonyl (C=O) groups is 1. The molecule has 2 aromatic rings. The van der Waals surface area contributed by atoms with Gasteiger partial charge in [-0.2, -0.15) is 0 Å². The van der Waals surface area contributed by atoms with Gasteiger partial charge in [0.05, 0.1) is 18.1 Å². The normalized spacial score (nSPS) is 13.0. The zero-order chi connectivity index (χ0) is 18.6. The first-order valence-corrected chi connectivity index (χ1v) is 9.28. The van der Waals surface area contributed by atoms with E-state index in [0.29, 0.717) is 10.9 Å². The molecule has 1 unspecified atom stereocenters. The third-order valence-electron chi connectivity index (χ3n) is 3.62. The van der Waals surface area contributed by atoms with E-state index in [2.05, 4.69) is 0 Å². The standard InChI is InChI=1S/C15H19N2O7P/c1-3-23-25(22,24-4-2)14(15(18)19)10-16-8-7-11-9-12(17(20)21)5-6-13(11)16/h5-9,14H,3-4,10H2,1-2H3,(H,18,19). The van der Waals surface area contributed by atoms with Crippen molar-refractivity contribution in [2.45, 2.75) is 26.1 Å². The predicted molar refractivity (Wildman–Crippen MR) is 90.9 cm³/mol. The number of nitro benzene ring substituents is 1. The van der Waals surface area contributed by atoms with Crippen LogP contribution in [-0.4, -0.2) is 39.4 Å². The van der Waals surface area contributed by atoms with E-state index in [0.717, 1.165) is 0 Å². The Bertz CT molecular complexity index is 822. The Balaban J connectivity index is 2.40. The lowest BCUT2D eigenvalue weighted by molar-refractivity contribution is -0.384. The van der Waals surface area contributed by atoms with Crippen molar-refractivity contribution in [2.24, 2.45) is 0 Å². The molecule has 0 aliphatic rings. The first-order chi connectivity index (χ1) is 11.8. The first-order valence-electron chi connectivity index (χ1n) is 7.67. The van der Waals surface area contributed by atoms with Gasteiger partial charge in [-0.1, -0.05) is 0 Å². The van der Waals surface area contributed by atoms with Gasteiger partial charge in [-0.25, -0.2) is 0 Å². The average molecular weight is 370 g/mol. The lowest BCUT2D eigenvalue weighted by Gasteiger charge is -2.24. The number of aromatic nitrogens is 1. The van der Waals surface area contributed by atoms with Crippen LogP contribution in [0.4, 0.5) is 5.69 Å². The highest BCUT2D eigenvalue weighted by Gasteiger charge is 2.41. The number of non-ortho nitro benzene ring substituents is 1. The predicted octanol–water partition coefficient (Wildman–Crippen LogP) is 3.27. The lowest BCUT2D eigenvalue weighted by Crippen LogP contribution is -2.28. The number of hydrogen-bond acceptors (Lipinski definition) is 6. The molecular formula is C15H19N2O7P. The molecule has 1 heterocycles. The summed E-state index contributed by atoms with van der Waals surface area (Å²) < 4.78 is 24.7. The van der Waals surface area contributed by atoms with Gasteiger partial charge >= 0.3 is 13.6 Å². The highest BCUT2D eigenvalue weighted by atomic mass is 31.2. The molecule has 9 nitrogen and oxygen atoms in total. The zero-order valence-corrected chi connectivity index (χ0v) is 14.7. The number of carboxylic acid groups (broad SMARTS) is 1. The fourth-order valence-electron chi connectivity index (χ4n) is 2.54. The van der Waals surface area contributed by atoms with E-state index in [1.165, 1.54) is 18.2 Å². The lowest BCUT2D eigenvalue weighted by atomic mass is 10.2. The fraction of sp³-hybridized carbons (Fsp3) is 0.400. The van der Waals surface area contributed by atoms with E-state index in [1.54, 1.807) is 30.7 Å². The van der Waals surface area contributed by atoms with Gasteiger partial charge in [0.2, 0.25) is 0 Å². The summed E-state index contributed by atoms with van der Waals surface area (Å²) in [4.78, 5) is 22.0. The Morgan fingerprint density at radius 3 is 2.48 bits per heavy atom. The summed E-state index contributed by atoms with van der Waals surface area (Å²) in [6, 6.07) is 5.89. The van der Waals surface area contributed by atoms with E-state index in [1.807, 2.05) is 0 Å². The van der Waals surface area contributed by atoms with Crippen LogP contribution in [0, 0.1) is 10.1 Å². The van der Waals surface area contributed by atoms with Gasteiger partial charge in [-0.05, 0) is 26.0 Å². The van der Waals surface area contributed by atoms with Crippen LogP contribution in [0.1, 0.15) is 13.8 Å². The molecule has 0 fully saturated rings. The van der Waals surface area contributed by atoms with Crippen molar-refractivity contribution < 1.29 is 28.4 Å². The van der Waals surface area contributed by atoms with Gasteiger partial charge in [0.15, 0.2) is 5.66 Å². The summed E-state index contributed by atoms with van der Waals surface area (Å²) in [6.45, 7) is 3.18. The van der Waals surface area contributed by atoms with Crippen LogP contribution in [0.25, 0.3) is 10.9 Å². The molecule has 1 atom stereocenters. The maximum Gasteiger partial charge on any atom is 0.346 e. The molecule has 0 aliphatic heterocycles. The molecule has 10 heteroatoms. The van der Waals surface area contributed by atoms with E-state index in [4.69, 9.17) is 9.05 Å². The molecule has 0 spiro atoms. The summed E-state index contributed by atoms with van der Waals surface area (Å²) >= 11 is 0. The van der Waals surface area contributed by atoms with Gasteiger partial charge < -0.3 is 18.7 Å². The monoisotopic (exact) mass is 370 g/mol. The summed E-state index contributed by atoms with van der Waals surface area (Å²) in [5.41, 5.74) is -0.857. The maximum absolute atomic E-state index is 12.8. The minimum Gasteiger partial charge on any atom is -0.481 e. The van der Waals surface area contributed by atoms with Crippen LogP contribution < -0.4 is 0 Å². The van der Waals surface area contributed by atoms with Crippen molar-refractivity contribution >= 4 is 30.2 Å². The Labute approximate surface area is 143 Å². The molecule has 25 heavy (non-hydrogen) atoms. The summed E-state index contributed by atoms with van der Waals surface area (Å²) in [7, 11) is -3.86. The Morgan fingerprint density at radius 1 is 1.32 bits per heavy atom. The second kappa shape index (κ2) is 7.77. The number of benzene rings is 1. The minimum atomic E-state index is -3.86. The first kappa shape index (κ1) is 19.1. The van der Waals surface area contributed by atoms with Gasteiger partial charge in [0.1, 0.15) is 0 Å². The van der Waals surface area contributed by atoms with Crippen molar-refractivity contribution in [2.75, 3.05) is 13.2 Å². The quantitative estimate of drug-likeness (QED) is 0.408. The number of hydrogen-bond donors (Lipinski definition) is 1. The van der Waals surface area contributed by atoms with E-state index in [-0.39, 0.29) is 25.4 Å². The molecule has 0 bridgehead atoms. The van der Waals surface area contributed by atoms with Crippen LogP contribution in [0.3, 0.4) is 0 Å².